The molecule has 0 bridgehead atoms. The smallest absolute Gasteiger partial charge is 0.242 e. The van der Waals surface area contributed by atoms with Gasteiger partial charge in [-0.2, -0.15) is 0 Å². The van der Waals surface area contributed by atoms with Crippen LogP contribution < -0.4 is 10.6 Å². The lowest BCUT2D eigenvalue weighted by Crippen LogP contribution is -2.32. The van der Waals surface area contributed by atoms with E-state index >= 15 is 0 Å². The maximum Gasteiger partial charge on any atom is 0.242 e. The van der Waals surface area contributed by atoms with Crippen molar-refractivity contribution in [2.75, 3.05) is 32.5 Å². The van der Waals surface area contributed by atoms with E-state index in [1.165, 1.54) is 24.5 Å². The molecule has 140 valence electrons. The molecule has 0 aromatic heterocycles. The lowest BCUT2D eigenvalue weighted by Gasteiger charge is -2.27. The topological polar surface area (TPSA) is 78.5 Å². The summed E-state index contributed by atoms with van der Waals surface area (Å²) in [5, 5.41) is 6.19. The number of hydrogen-bond acceptors (Lipinski definition) is 4. The molecule has 0 spiro atoms. The Morgan fingerprint density at radius 2 is 1.96 bits per heavy atom. The van der Waals surface area contributed by atoms with Crippen molar-refractivity contribution >= 4 is 21.6 Å². The van der Waals surface area contributed by atoms with Gasteiger partial charge in [0, 0.05) is 26.2 Å². The molecule has 0 aliphatic carbocycles. The number of rotatable bonds is 6. The van der Waals surface area contributed by atoms with Crippen molar-refractivity contribution in [3.05, 3.63) is 23.8 Å². The summed E-state index contributed by atoms with van der Waals surface area (Å²) in [6.45, 7) is 5.90. The minimum atomic E-state index is -3.53. The summed E-state index contributed by atoms with van der Waals surface area (Å²) in [6, 6.07) is 5.01. The number of carbonyl (C=O) groups is 1. The van der Waals surface area contributed by atoms with Crippen LogP contribution in [0.1, 0.15) is 31.7 Å². The molecule has 1 aliphatic heterocycles. The summed E-state index contributed by atoms with van der Waals surface area (Å²) < 4.78 is 25.9. The maximum absolute atomic E-state index is 12.4. The van der Waals surface area contributed by atoms with E-state index in [4.69, 9.17) is 0 Å². The molecule has 1 aromatic rings. The van der Waals surface area contributed by atoms with Gasteiger partial charge in [0.25, 0.3) is 0 Å². The molecule has 1 atom stereocenters. The van der Waals surface area contributed by atoms with Gasteiger partial charge in [0.05, 0.1) is 4.90 Å². The van der Waals surface area contributed by atoms with Gasteiger partial charge in [-0.05, 0) is 62.4 Å². The summed E-state index contributed by atoms with van der Waals surface area (Å²) in [4.78, 5) is 12.6. The summed E-state index contributed by atoms with van der Waals surface area (Å²) in [6.07, 6.45) is 2.66. The Morgan fingerprint density at radius 3 is 2.56 bits per heavy atom. The molecular formula is C18H29N3O3S. The van der Waals surface area contributed by atoms with Crippen LogP contribution >= 0.6 is 0 Å². The third-order valence-corrected chi connectivity index (χ3v) is 6.88. The molecule has 1 fully saturated rings. The molecule has 1 heterocycles. The predicted molar refractivity (Wildman–Crippen MR) is 100 cm³/mol. The van der Waals surface area contributed by atoms with E-state index in [0.29, 0.717) is 29.5 Å². The van der Waals surface area contributed by atoms with Crippen molar-refractivity contribution in [2.24, 2.45) is 11.8 Å². The number of nitrogens with zero attached hydrogens (tertiary/aromatic N) is 1. The molecular weight excluding hydrogens is 338 g/mol. The van der Waals surface area contributed by atoms with Gasteiger partial charge in [-0.1, -0.05) is 13.0 Å². The van der Waals surface area contributed by atoms with Gasteiger partial charge in [-0.25, -0.2) is 12.7 Å². The van der Waals surface area contributed by atoms with Crippen LogP contribution in [-0.4, -0.2) is 45.8 Å². The SMILES string of the molecule is Cc1ccc(NC(=O)CC(C)C2CCNCC2)cc1S(=O)(=O)N(C)C. The fourth-order valence-electron chi connectivity index (χ4n) is 3.24. The number of piperidine rings is 1. The number of carbonyl (C=O) groups excluding carboxylic acids is 1. The van der Waals surface area contributed by atoms with E-state index in [1.54, 1.807) is 19.1 Å². The highest BCUT2D eigenvalue weighted by molar-refractivity contribution is 7.89. The Kier molecular flexibility index (Phi) is 6.59. The maximum atomic E-state index is 12.4. The van der Waals surface area contributed by atoms with Gasteiger partial charge < -0.3 is 10.6 Å². The van der Waals surface area contributed by atoms with Gasteiger partial charge in [-0.3, -0.25) is 4.79 Å². The first kappa shape index (κ1) is 19.9. The lowest BCUT2D eigenvalue weighted by molar-refractivity contribution is -0.117. The number of amides is 1. The molecule has 1 aliphatic rings. The van der Waals surface area contributed by atoms with Crippen LogP contribution in [0.3, 0.4) is 0 Å². The summed E-state index contributed by atoms with van der Waals surface area (Å²) in [5.41, 5.74) is 1.18. The number of nitrogens with one attached hydrogen (secondary N) is 2. The lowest BCUT2D eigenvalue weighted by atomic mass is 9.84. The van der Waals surface area contributed by atoms with Crippen LogP contribution in [0.5, 0.6) is 0 Å². The fourth-order valence-corrected chi connectivity index (χ4v) is 4.38. The Labute approximate surface area is 151 Å². The molecule has 2 N–H and O–H groups in total. The number of hydrogen-bond donors (Lipinski definition) is 2. The normalized spacial score (nSPS) is 17.5. The number of anilines is 1. The van der Waals surface area contributed by atoms with Crippen molar-refractivity contribution in [3.63, 3.8) is 0 Å². The average Bonchev–Trinajstić information content (AvgIpc) is 2.57. The van der Waals surface area contributed by atoms with Gasteiger partial charge in [0.2, 0.25) is 15.9 Å². The van der Waals surface area contributed by atoms with E-state index in [9.17, 15) is 13.2 Å². The molecule has 0 radical (unpaired) electrons. The second-order valence-electron chi connectivity index (χ2n) is 7.08. The summed E-state index contributed by atoms with van der Waals surface area (Å²) in [7, 11) is -0.529. The van der Waals surface area contributed by atoms with Crippen molar-refractivity contribution in [1.29, 1.82) is 0 Å². The van der Waals surface area contributed by atoms with Gasteiger partial charge >= 0.3 is 0 Å². The van der Waals surface area contributed by atoms with E-state index in [2.05, 4.69) is 17.6 Å². The second-order valence-corrected chi connectivity index (χ2v) is 9.20. The number of aryl methyl sites for hydroxylation is 1. The third-order valence-electron chi connectivity index (χ3n) is 4.93. The average molecular weight is 368 g/mol. The molecule has 0 saturated carbocycles. The minimum absolute atomic E-state index is 0.0666. The van der Waals surface area contributed by atoms with E-state index in [-0.39, 0.29) is 10.8 Å². The van der Waals surface area contributed by atoms with Crippen molar-refractivity contribution < 1.29 is 13.2 Å². The highest BCUT2D eigenvalue weighted by Crippen LogP contribution is 2.26. The third kappa shape index (κ3) is 5.03. The van der Waals surface area contributed by atoms with Crippen LogP contribution in [0.4, 0.5) is 5.69 Å². The molecule has 6 nitrogen and oxygen atoms in total. The van der Waals surface area contributed by atoms with Crippen LogP contribution in [0, 0.1) is 18.8 Å². The summed E-state index contributed by atoms with van der Waals surface area (Å²) in [5.74, 6) is 0.815. The fraction of sp³-hybridized carbons (Fsp3) is 0.611. The zero-order valence-corrected chi connectivity index (χ0v) is 16.3. The number of sulfonamides is 1. The Hall–Kier alpha value is -1.44. The van der Waals surface area contributed by atoms with Crippen LogP contribution in [0.25, 0.3) is 0 Å². The Morgan fingerprint density at radius 1 is 1.32 bits per heavy atom. The first-order valence-corrected chi connectivity index (χ1v) is 10.2. The van der Waals surface area contributed by atoms with Gasteiger partial charge in [-0.15, -0.1) is 0 Å². The zero-order valence-electron chi connectivity index (χ0n) is 15.5. The van der Waals surface area contributed by atoms with Gasteiger partial charge in [0.15, 0.2) is 0 Å². The quantitative estimate of drug-likeness (QED) is 0.808. The standard InChI is InChI=1S/C18H29N3O3S/c1-13-5-6-16(12-17(13)25(23,24)21(3)4)20-18(22)11-14(2)15-7-9-19-10-8-15/h5-6,12,14-15,19H,7-11H2,1-4H3,(H,20,22). The van der Waals surface area contributed by atoms with E-state index in [0.717, 1.165) is 25.9 Å². The Bertz CT molecular complexity index is 710. The monoisotopic (exact) mass is 367 g/mol. The molecule has 7 heteroatoms. The van der Waals surface area contributed by atoms with Crippen LogP contribution in [0.15, 0.2) is 23.1 Å². The number of benzene rings is 1. The van der Waals surface area contributed by atoms with Gasteiger partial charge in [0.1, 0.15) is 0 Å². The van der Waals surface area contributed by atoms with Crippen molar-refractivity contribution in [1.82, 2.24) is 9.62 Å². The minimum Gasteiger partial charge on any atom is -0.326 e. The highest BCUT2D eigenvalue weighted by Gasteiger charge is 2.23. The molecule has 1 amide bonds. The van der Waals surface area contributed by atoms with E-state index in [1.807, 2.05) is 0 Å². The zero-order chi connectivity index (χ0) is 18.6. The summed E-state index contributed by atoms with van der Waals surface area (Å²) >= 11 is 0. The first-order valence-electron chi connectivity index (χ1n) is 8.75. The molecule has 1 aromatic carbocycles. The van der Waals surface area contributed by atoms with Crippen molar-refractivity contribution in [2.45, 2.75) is 38.0 Å². The molecule has 1 unspecified atom stereocenters. The molecule has 2 rings (SSSR count). The molecule has 1 saturated heterocycles. The predicted octanol–water partition coefficient (Wildman–Crippen LogP) is 2.21. The molecule has 25 heavy (non-hydrogen) atoms. The first-order chi connectivity index (χ1) is 11.7. The van der Waals surface area contributed by atoms with Crippen molar-refractivity contribution in [3.8, 4) is 0 Å². The Balaban J connectivity index is 2.06. The highest BCUT2D eigenvalue weighted by atomic mass is 32.2. The largest absolute Gasteiger partial charge is 0.326 e. The van der Waals surface area contributed by atoms with Crippen LogP contribution in [0.2, 0.25) is 0 Å². The second kappa shape index (κ2) is 8.29. The van der Waals surface area contributed by atoms with Crippen LogP contribution in [-0.2, 0) is 14.8 Å². The van der Waals surface area contributed by atoms with E-state index < -0.39 is 10.0 Å².